The molecule has 0 unspecified atom stereocenters. The topological polar surface area (TPSA) is 110 Å². The van der Waals surface area contributed by atoms with Crippen molar-refractivity contribution in [3.8, 4) is 16.4 Å². The maximum absolute atomic E-state index is 12.7. The standard InChI is InChI=1S/C24H21N5O4S/c30-19(16-13-18(25-14-16)23(31)28-10-4-5-11-28)15-33-24(32)21-26-22(20-9-6-12-34-20)29(27-21)17-7-2-1-3-8-17/h1-3,6-9,12-14,25H,4-5,10-11,15H2. The molecule has 0 aliphatic carbocycles. The van der Waals surface area contributed by atoms with Crippen molar-refractivity contribution < 1.29 is 19.1 Å². The van der Waals surface area contributed by atoms with Crippen molar-refractivity contribution in [1.29, 1.82) is 0 Å². The van der Waals surface area contributed by atoms with Gasteiger partial charge in [0.2, 0.25) is 5.78 Å². The zero-order valence-corrected chi connectivity index (χ0v) is 19.0. The first-order chi connectivity index (χ1) is 16.6. The second-order valence-corrected chi connectivity index (χ2v) is 8.73. The molecule has 0 saturated carbocycles. The summed E-state index contributed by atoms with van der Waals surface area (Å²) in [5.74, 6) is -0.990. The average molecular weight is 476 g/mol. The fourth-order valence-corrected chi connectivity index (χ4v) is 4.46. The van der Waals surface area contributed by atoms with E-state index in [9.17, 15) is 14.4 Å². The van der Waals surface area contributed by atoms with E-state index < -0.39 is 18.4 Å². The molecule has 172 valence electrons. The van der Waals surface area contributed by atoms with E-state index in [0.29, 0.717) is 11.5 Å². The maximum Gasteiger partial charge on any atom is 0.378 e. The molecule has 0 radical (unpaired) electrons. The van der Waals surface area contributed by atoms with Gasteiger partial charge in [0.15, 0.2) is 12.4 Å². The number of hydrogen-bond acceptors (Lipinski definition) is 7. The number of nitrogens with one attached hydrogen (secondary N) is 1. The Hall–Kier alpha value is -4.05. The van der Waals surface area contributed by atoms with Crippen LogP contribution in [0.1, 0.15) is 44.3 Å². The van der Waals surface area contributed by atoms with Crippen molar-refractivity contribution >= 4 is 29.0 Å². The Balaban J connectivity index is 1.29. The molecule has 9 nitrogen and oxygen atoms in total. The van der Waals surface area contributed by atoms with Gasteiger partial charge in [0.1, 0.15) is 5.69 Å². The third-order valence-corrected chi connectivity index (χ3v) is 6.36. The minimum atomic E-state index is -0.801. The number of aromatic nitrogens is 4. The van der Waals surface area contributed by atoms with Gasteiger partial charge in [0, 0.05) is 24.8 Å². The van der Waals surface area contributed by atoms with Gasteiger partial charge in [0.05, 0.1) is 10.6 Å². The minimum Gasteiger partial charge on any atom is -0.451 e. The van der Waals surface area contributed by atoms with Gasteiger partial charge in [-0.3, -0.25) is 9.59 Å². The van der Waals surface area contributed by atoms with Crippen LogP contribution in [0.2, 0.25) is 0 Å². The van der Waals surface area contributed by atoms with Crippen LogP contribution in [-0.4, -0.2) is 62.0 Å². The van der Waals surface area contributed by atoms with E-state index in [1.807, 2.05) is 47.8 Å². The van der Waals surface area contributed by atoms with Crippen LogP contribution in [-0.2, 0) is 4.74 Å². The Kier molecular flexibility index (Phi) is 6.05. The summed E-state index contributed by atoms with van der Waals surface area (Å²) in [7, 11) is 0. The summed E-state index contributed by atoms with van der Waals surface area (Å²) in [6.07, 6.45) is 3.42. The number of esters is 1. The number of Topliss-reactive ketones (excluding diaryl/α,β-unsaturated/α-hetero) is 1. The smallest absolute Gasteiger partial charge is 0.378 e. The molecule has 1 aromatic carbocycles. The molecule has 4 aromatic rings. The zero-order valence-electron chi connectivity index (χ0n) is 18.1. The van der Waals surface area contributed by atoms with Gasteiger partial charge in [-0.15, -0.1) is 16.4 Å². The fraction of sp³-hybridized carbons (Fsp3) is 0.208. The van der Waals surface area contributed by atoms with E-state index in [4.69, 9.17) is 4.74 Å². The molecular weight excluding hydrogens is 454 g/mol. The van der Waals surface area contributed by atoms with E-state index in [-0.39, 0.29) is 17.3 Å². The first-order valence-electron chi connectivity index (χ1n) is 10.8. The minimum absolute atomic E-state index is 0.134. The highest BCUT2D eigenvalue weighted by molar-refractivity contribution is 7.13. The van der Waals surface area contributed by atoms with Gasteiger partial charge < -0.3 is 14.6 Å². The number of ketones is 1. The number of nitrogens with zero attached hydrogens (tertiary/aromatic N) is 4. The first-order valence-corrected chi connectivity index (χ1v) is 11.7. The van der Waals surface area contributed by atoms with Crippen LogP contribution in [0.5, 0.6) is 0 Å². The summed E-state index contributed by atoms with van der Waals surface area (Å²) >= 11 is 1.48. The molecule has 1 aliphatic rings. The quantitative estimate of drug-likeness (QED) is 0.323. The lowest BCUT2D eigenvalue weighted by atomic mass is 10.2. The summed E-state index contributed by atoms with van der Waals surface area (Å²) < 4.78 is 6.78. The Labute approximate surface area is 199 Å². The van der Waals surface area contributed by atoms with Crippen LogP contribution in [0.4, 0.5) is 0 Å². The van der Waals surface area contributed by atoms with E-state index in [2.05, 4.69) is 15.1 Å². The van der Waals surface area contributed by atoms with Crippen molar-refractivity contribution in [1.82, 2.24) is 24.6 Å². The number of H-pyrrole nitrogens is 1. The summed E-state index contributed by atoms with van der Waals surface area (Å²) in [6, 6.07) is 14.6. The number of hydrogen-bond donors (Lipinski definition) is 1. The Morgan fingerprint density at radius 1 is 1.06 bits per heavy atom. The monoisotopic (exact) mass is 475 g/mol. The highest BCUT2D eigenvalue weighted by atomic mass is 32.1. The molecule has 3 aromatic heterocycles. The molecule has 34 heavy (non-hydrogen) atoms. The lowest BCUT2D eigenvalue weighted by Crippen LogP contribution is -2.27. The molecule has 1 N–H and O–H groups in total. The molecule has 1 saturated heterocycles. The van der Waals surface area contributed by atoms with E-state index >= 15 is 0 Å². The fourth-order valence-electron chi connectivity index (χ4n) is 3.76. The van der Waals surface area contributed by atoms with Gasteiger partial charge in [-0.2, -0.15) is 4.98 Å². The number of benzene rings is 1. The molecule has 0 atom stereocenters. The van der Waals surface area contributed by atoms with Gasteiger partial charge in [0.25, 0.3) is 11.7 Å². The summed E-state index contributed by atoms with van der Waals surface area (Å²) in [6.45, 7) is 0.950. The number of rotatable bonds is 7. The summed E-state index contributed by atoms with van der Waals surface area (Å²) in [5, 5.41) is 6.24. The molecule has 10 heteroatoms. The van der Waals surface area contributed by atoms with E-state index in [1.165, 1.54) is 23.6 Å². The van der Waals surface area contributed by atoms with Crippen LogP contribution in [0.3, 0.4) is 0 Å². The number of carbonyl (C=O) groups excluding carboxylic acids is 3. The largest absolute Gasteiger partial charge is 0.451 e. The number of likely N-dealkylation sites (tertiary alicyclic amines) is 1. The third-order valence-electron chi connectivity index (χ3n) is 5.50. The first kappa shape index (κ1) is 21.8. The van der Waals surface area contributed by atoms with Crippen LogP contribution < -0.4 is 0 Å². The highest BCUT2D eigenvalue weighted by Gasteiger charge is 2.24. The maximum atomic E-state index is 12.7. The second kappa shape index (κ2) is 9.44. The highest BCUT2D eigenvalue weighted by Crippen LogP contribution is 2.25. The van der Waals surface area contributed by atoms with Crippen LogP contribution in [0.25, 0.3) is 16.4 Å². The summed E-state index contributed by atoms with van der Waals surface area (Å²) in [4.78, 5) is 47.5. The molecule has 4 heterocycles. The van der Waals surface area contributed by atoms with Crippen molar-refractivity contribution in [2.45, 2.75) is 12.8 Å². The SMILES string of the molecule is O=C(COC(=O)c1nc(-c2cccs2)n(-c2ccccc2)n1)c1c[nH]c(C(=O)N2CCCC2)c1. The number of amides is 1. The Bertz CT molecular complexity index is 1320. The number of aromatic amines is 1. The zero-order chi connectivity index (χ0) is 23.5. The number of ether oxygens (including phenoxy) is 1. The van der Waals surface area contributed by atoms with Crippen LogP contribution in [0, 0.1) is 0 Å². The molecule has 1 aliphatic heterocycles. The van der Waals surface area contributed by atoms with Gasteiger partial charge in [-0.05, 0) is 42.5 Å². The number of thiophene rings is 1. The Morgan fingerprint density at radius 3 is 2.59 bits per heavy atom. The third kappa shape index (κ3) is 4.40. The van der Waals surface area contributed by atoms with Crippen molar-refractivity contribution in [3.63, 3.8) is 0 Å². The predicted octanol–water partition coefficient (Wildman–Crippen LogP) is 3.60. The van der Waals surface area contributed by atoms with Crippen LogP contribution in [0.15, 0.2) is 60.1 Å². The van der Waals surface area contributed by atoms with E-state index in [1.54, 1.807) is 9.58 Å². The van der Waals surface area contributed by atoms with Gasteiger partial charge in [-0.1, -0.05) is 24.3 Å². The lowest BCUT2D eigenvalue weighted by Gasteiger charge is -2.13. The number of carbonyl (C=O) groups is 3. The van der Waals surface area contributed by atoms with Gasteiger partial charge in [-0.25, -0.2) is 9.48 Å². The Morgan fingerprint density at radius 2 is 1.85 bits per heavy atom. The lowest BCUT2D eigenvalue weighted by molar-refractivity contribution is 0.0462. The molecule has 5 rings (SSSR count). The van der Waals surface area contributed by atoms with Crippen LogP contribution >= 0.6 is 11.3 Å². The normalized spacial score (nSPS) is 13.2. The van der Waals surface area contributed by atoms with Gasteiger partial charge >= 0.3 is 5.97 Å². The molecule has 0 bridgehead atoms. The van der Waals surface area contributed by atoms with Crippen molar-refractivity contribution in [2.24, 2.45) is 0 Å². The predicted molar refractivity (Wildman–Crippen MR) is 125 cm³/mol. The average Bonchev–Trinajstić information content (AvgIpc) is 3.68. The number of para-hydroxylation sites is 1. The van der Waals surface area contributed by atoms with E-state index in [0.717, 1.165) is 36.5 Å². The van der Waals surface area contributed by atoms with Crippen molar-refractivity contribution in [3.05, 3.63) is 77.2 Å². The second-order valence-electron chi connectivity index (χ2n) is 7.78. The molecule has 1 fully saturated rings. The van der Waals surface area contributed by atoms with Crippen molar-refractivity contribution in [2.75, 3.05) is 19.7 Å². The molecule has 1 amide bonds. The molecule has 0 spiro atoms. The molecular formula is C24H21N5O4S. The summed E-state index contributed by atoms with van der Waals surface area (Å²) in [5.41, 5.74) is 1.37.